The van der Waals surface area contributed by atoms with Gasteiger partial charge in [0.2, 0.25) is 5.91 Å². The van der Waals surface area contributed by atoms with Crippen molar-refractivity contribution in [2.45, 2.75) is 72.1 Å². The number of carbonyl (C=O) groups is 2. The fourth-order valence-corrected chi connectivity index (χ4v) is 5.46. The molecule has 0 spiro atoms. The number of nitriles is 1. The Hall–Kier alpha value is -3.60. The minimum Gasteiger partial charge on any atom is -0.462 e. The molecule has 1 aromatic heterocycles. The van der Waals surface area contributed by atoms with Crippen molar-refractivity contribution in [2.75, 3.05) is 11.9 Å². The first kappa shape index (κ1) is 32.9. The van der Waals surface area contributed by atoms with Crippen LogP contribution in [0.3, 0.4) is 0 Å². The largest absolute Gasteiger partial charge is 0.462 e. The number of ether oxygens (including phenoxy) is 2. The summed E-state index contributed by atoms with van der Waals surface area (Å²) in [7, 11) is -4.30. The predicted molar refractivity (Wildman–Crippen MR) is 150 cm³/mol. The first-order valence-electron chi connectivity index (χ1n) is 13.3. The zero-order chi connectivity index (χ0) is 31.2. The maximum Gasteiger partial charge on any atom is 0.459 e. The molecule has 1 fully saturated rings. The quantitative estimate of drug-likeness (QED) is 0.237. The maximum absolute atomic E-state index is 13.8. The lowest BCUT2D eigenvalue weighted by Gasteiger charge is -2.26. The van der Waals surface area contributed by atoms with Crippen molar-refractivity contribution in [1.29, 1.82) is 5.26 Å². The molecule has 0 saturated carbocycles. The minimum absolute atomic E-state index is 0.0160. The summed E-state index contributed by atoms with van der Waals surface area (Å²) >= 11 is 0. The fraction of sp³-hybridized carbons (Fsp3) is 0.519. The molecule has 2 aromatic rings. The van der Waals surface area contributed by atoms with Crippen LogP contribution < -0.4 is 20.6 Å². The predicted octanol–water partition coefficient (Wildman–Crippen LogP) is 2.76. The normalized spacial score (nSPS) is 24.0. The van der Waals surface area contributed by atoms with Crippen molar-refractivity contribution in [3.8, 4) is 11.8 Å². The Bertz CT molecular complexity index is 1410. The smallest absolute Gasteiger partial charge is 0.459 e. The number of nitrogens with one attached hydrogen (secondary N) is 2. The van der Waals surface area contributed by atoms with Gasteiger partial charge in [-0.3, -0.25) is 18.7 Å². The van der Waals surface area contributed by atoms with Crippen LogP contribution in [0.1, 0.15) is 47.8 Å². The molecule has 2 heterocycles. The third-order valence-electron chi connectivity index (χ3n) is 6.32. The lowest BCUT2D eigenvalue weighted by molar-refractivity contribution is -0.149. The highest BCUT2D eigenvalue weighted by molar-refractivity contribution is 7.52. The van der Waals surface area contributed by atoms with Gasteiger partial charge in [0.15, 0.2) is 6.23 Å². The number of nitrogens with zero attached hydrogens (tertiary/aromatic N) is 3. The van der Waals surface area contributed by atoms with Crippen molar-refractivity contribution in [2.24, 2.45) is 11.3 Å². The van der Waals surface area contributed by atoms with Crippen LogP contribution in [0.2, 0.25) is 0 Å². The molecule has 3 rings (SSSR count). The van der Waals surface area contributed by atoms with Gasteiger partial charge in [-0.25, -0.2) is 9.36 Å². The van der Waals surface area contributed by atoms with Gasteiger partial charge in [0.1, 0.15) is 35.2 Å². The Kier molecular flexibility index (Phi) is 10.6. The summed E-state index contributed by atoms with van der Waals surface area (Å²) in [6.07, 6.45) is -3.21. The second-order valence-electron chi connectivity index (χ2n) is 10.5. The van der Waals surface area contributed by atoms with Crippen LogP contribution in [0.4, 0.5) is 5.82 Å². The molecule has 6 unspecified atom stereocenters. The molecule has 0 bridgehead atoms. The highest BCUT2D eigenvalue weighted by Gasteiger charge is 2.55. The van der Waals surface area contributed by atoms with E-state index in [-0.39, 0.29) is 23.4 Å². The van der Waals surface area contributed by atoms with E-state index in [0.717, 1.165) is 4.57 Å². The molecule has 15 heteroatoms. The first-order chi connectivity index (χ1) is 19.7. The number of amides is 1. The van der Waals surface area contributed by atoms with Crippen LogP contribution in [0.5, 0.6) is 5.75 Å². The zero-order valence-corrected chi connectivity index (χ0v) is 25.1. The number of benzene rings is 1. The molecule has 1 saturated heterocycles. The van der Waals surface area contributed by atoms with Crippen LogP contribution in [-0.4, -0.2) is 57.5 Å². The third-order valence-corrected chi connectivity index (χ3v) is 7.96. The second-order valence-corrected chi connectivity index (χ2v) is 12.2. The van der Waals surface area contributed by atoms with Gasteiger partial charge >= 0.3 is 19.4 Å². The lowest BCUT2D eigenvalue weighted by atomic mass is 9.84. The van der Waals surface area contributed by atoms with E-state index in [1.54, 1.807) is 45.9 Å². The first-order valence-corrected chi connectivity index (χ1v) is 14.9. The standard InChI is InChI=1S/C27H36N5O9P/c1-16(2)23(34)29-21-12-13-32(26(36)30-21)25-27(6,15-28)22(33)20(40-25)14-38-42(37,41-19-10-8-7-9-11-19)31-18(5)24(35)39-17(3)4/h7-13,16-18,20,22,25,33H,14H2,1-6H3,(H,31,37)(H,29,30,34,36). The summed E-state index contributed by atoms with van der Waals surface area (Å²) in [6, 6.07) is 10.3. The highest BCUT2D eigenvalue weighted by atomic mass is 31.2. The number of aliphatic hydroxyl groups excluding tert-OH is 1. The van der Waals surface area contributed by atoms with E-state index in [0.29, 0.717) is 0 Å². The second kappa shape index (κ2) is 13.6. The molecule has 1 aliphatic heterocycles. The minimum atomic E-state index is -4.30. The number of rotatable bonds is 12. The van der Waals surface area contributed by atoms with Crippen molar-refractivity contribution < 1.29 is 37.8 Å². The van der Waals surface area contributed by atoms with E-state index in [4.69, 9.17) is 18.5 Å². The molecule has 42 heavy (non-hydrogen) atoms. The topological polar surface area (TPSA) is 191 Å². The Morgan fingerprint density at radius 2 is 1.88 bits per heavy atom. The van der Waals surface area contributed by atoms with Crippen LogP contribution in [0, 0.1) is 22.7 Å². The third kappa shape index (κ3) is 7.81. The molecule has 1 aliphatic rings. The average molecular weight is 606 g/mol. The maximum atomic E-state index is 13.8. The molecule has 1 aromatic carbocycles. The van der Waals surface area contributed by atoms with E-state index >= 15 is 0 Å². The molecule has 228 valence electrons. The average Bonchev–Trinajstić information content (AvgIpc) is 3.17. The van der Waals surface area contributed by atoms with Gasteiger partial charge in [0, 0.05) is 12.1 Å². The molecule has 6 atom stereocenters. The Balaban J connectivity index is 1.83. The summed E-state index contributed by atoms with van der Waals surface area (Å²) in [5, 5.41) is 26.1. The number of para-hydroxylation sites is 1. The van der Waals surface area contributed by atoms with Crippen LogP contribution in [-0.2, 0) is 28.2 Å². The van der Waals surface area contributed by atoms with E-state index in [1.165, 1.54) is 38.2 Å². The zero-order valence-electron chi connectivity index (χ0n) is 24.2. The van der Waals surface area contributed by atoms with Gasteiger partial charge in [-0.15, -0.1) is 0 Å². The van der Waals surface area contributed by atoms with Crippen molar-refractivity contribution in [3.05, 3.63) is 53.1 Å². The number of hydrogen-bond acceptors (Lipinski definition) is 11. The van der Waals surface area contributed by atoms with Crippen LogP contribution in [0.25, 0.3) is 0 Å². The number of hydrogen-bond donors (Lipinski definition) is 3. The summed E-state index contributed by atoms with van der Waals surface area (Å²) < 4.78 is 37.1. The van der Waals surface area contributed by atoms with Gasteiger partial charge in [0.25, 0.3) is 0 Å². The van der Waals surface area contributed by atoms with E-state index < -0.39 is 62.0 Å². The molecule has 3 N–H and O–H groups in total. The number of carbonyl (C=O) groups excluding carboxylic acids is 2. The van der Waals surface area contributed by atoms with Crippen LogP contribution >= 0.6 is 7.75 Å². The van der Waals surface area contributed by atoms with E-state index in [2.05, 4.69) is 15.4 Å². The highest BCUT2D eigenvalue weighted by Crippen LogP contribution is 2.48. The number of esters is 1. The van der Waals surface area contributed by atoms with Crippen LogP contribution in [0.15, 0.2) is 47.4 Å². The monoisotopic (exact) mass is 605 g/mol. The van der Waals surface area contributed by atoms with Gasteiger partial charge in [-0.05, 0) is 45.9 Å². The molecule has 0 aliphatic carbocycles. The van der Waals surface area contributed by atoms with Gasteiger partial charge in [-0.1, -0.05) is 32.0 Å². The van der Waals surface area contributed by atoms with Crippen molar-refractivity contribution >= 4 is 25.4 Å². The van der Waals surface area contributed by atoms with E-state index in [1.807, 2.05) is 6.07 Å². The van der Waals surface area contributed by atoms with E-state index in [9.17, 15) is 29.3 Å². The summed E-state index contributed by atoms with van der Waals surface area (Å²) in [5.41, 5.74) is -2.50. The fourth-order valence-electron chi connectivity index (χ4n) is 3.96. The summed E-state index contributed by atoms with van der Waals surface area (Å²) in [4.78, 5) is 41.1. The molecule has 14 nitrogen and oxygen atoms in total. The summed E-state index contributed by atoms with van der Waals surface area (Å²) in [5.74, 6) is -1.19. The molecular weight excluding hydrogens is 569 g/mol. The number of anilines is 1. The van der Waals surface area contributed by atoms with Crippen molar-refractivity contribution in [3.63, 3.8) is 0 Å². The SMILES string of the molecule is CC(C)OC(=O)C(C)NP(=O)(OCC1OC(n2ccc(NC(=O)C(C)C)nc2=O)C(C)(C#N)C1O)Oc1ccccc1. The Morgan fingerprint density at radius 3 is 2.45 bits per heavy atom. The number of aliphatic hydroxyl groups is 1. The lowest BCUT2D eigenvalue weighted by Crippen LogP contribution is -2.40. The van der Waals surface area contributed by atoms with Gasteiger partial charge in [-0.2, -0.15) is 15.3 Å². The molecular formula is C27H36N5O9P. The summed E-state index contributed by atoms with van der Waals surface area (Å²) in [6.45, 7) is 8.96. The molecule has 0 radical (unpaired) electrons. The number of aromatic nitrogens is 2. The molecule has 1 amide bonds. The van der Waals surface area contributed by atoms with Gasteiger partial charge in [0.05, 0.1) is 18.8 Å². The Labute approximate surface area is 243 Å². The van der Waals surface area contributed by atoms with Crippen molar-refractivity contribution in [1.82, 2.24) is 14.6 Å². The Morgan fingerprint density at radius 1 is 1.21 bits per heavy atom. The van der Waals surface area contributed by atoms with Gasteiger partial charge < -0.3 is 24.4 Å².